The zero-order chi connectivity index (χ0) is 22.6. The number of hydrogen-bond acceptors (Lipinski definition) is 6. The van der Waals surface area contributed by atoms with Crippen LogP contribution in [0.3, 0.4) is 0 Å². The van der Waals surface area contributed by atoms with E-state index in [1.807, 2.05) is 36.4 Å². The molecule has 168 valence electrons. The number of anilines is 2. The Kier molecular flexibility index (Phi) is 6.17. The molecule has 3 aromatic carbocycles. The first-order chi connectivity index (χ1) is 16.2. The molecule has 2 heterocycles. The minimum Gasteiger partial charge on any atom is -0.379 e. The van der Waals surface area contributed by atoms with E-state index < -0.39 is 5.91 Å². The highest BCUT2D eigenvalue weighted by atomic mass is 16.5. The SMILES string of the molecule is O=C(NO)c1ccc(C2=Nc3ccccc3N(CCN3CCOCC3)c3ccccc32)cc1. The molecule has 0 unspecified atom stereocenters. The highest BCUT2D eigenvalue weighted by Crippen LogP contribution is 2.40. The Hall–Kier alpha value is -3.52. The number of carbonyl (C=O) groups excluding carboxylic acids is 1. The van der Waals surface area contributed by atoms with Crippen molar-refractivity contribution < 1.29 is 14.7 Å². The molecular weight excluding hydrogens is 416 g/mol. The summed E-state index contributed by atoms with van der Waals surface area (Å²) in [4.78, 5) is 21.6. The second kappa shape index (κ2) is 9.54. The first-order valence-corrected chi connectivity index (χ1v) is 11.1. The fourth-order valence-electron chi connectivity index (χ4n) is 4.38. The fraction of sp³-hybridized carbons (Fsp3) is 0.231. The van der Waals surface area contributed by atoms with Crippen molar-refractivity contribution in [3.8, 4) is 0 Å². The monoisotopic (exact) mass is 442 g/mol. The number of benzene rings is 3. The number of morpholine rings is 1. The van der Waals surface area contributed by atoms with Crippen molar-refractivity contribution in [1.82, 2.24) is 10.4 Å². The van der Waals surface area contributed by atoms with Crippen molar-refractivity contribution in [2.45, 2.75) is 0 Å². The van der Waals surface area contributed by atoms with Gasteiger partial charge >= 0.3 is 0 Å². The largest absolute Gasteiger partial charge is 0.379 e. The van der Waals surface area contributed by atoms with E-state index in [4.69, 9.17) is 14.9 Å². The maximum Gasteiger partial charge on any atom is 0.274 e. The zero-order valence-electron chi connectivity index (χ0n) is 18.3. The molecule has 0 atom stereocenters. The summed E-state index contributed by atoms with van der Waals surface area (Å²) in [6.45, 7) is 5.24. The van der Waals surface area contributed by atoms with Crippen LogP contribution < -0.4 is 10.4 Å². The van der Waals surface area contributed by atoms with E-state index in [2.05, 4.69) is 34.1 Å². The fourth-order valence-corrected chi connectivity index (χ4v) is 4.38. The first kappa shape index (κ1) is 21.3. The number of nitrogens with one attached hydrogen (secondary N) is 1. The molecule has 7 nitrogen and oxygen atoms in total. The Bertz CT molecular complexity index is 1170. The van der Waals surface area contributed by atoms with Crippen LogP contribution in [0.15, 0.2) is 77.8 Å². The molecule has 5 rings (SSSR count). The second-order valence-electron chi connectivity index (χ2n) is 8.09. The average molecular weight is 443 g/mol. The number of carbonyl (C=O) groups is 1. The van der Waals surface area contributed by atoms with Crippen LogP contribution in [0.4, 0.5) is 17.1 Å². The van der Waals surface area contributed by atoms with Crippen molar-refractivity contribution in [3.63, 3.8) is 0 Å². The van der Waals surface area contributed by atoms with Crippen LogP contribution >= 0.6 is 0 Å². The Morgan fingerprint density at radius 1 is 0.909 bits per heavy atom. The van der Waals surface area contributed by atoms with Gasteiger partial charge in [-0.3, -0.25) is 14.9 Å². The number of hydroxylamine groups is 1. The lowest BCUT2D eigenvalue weighted by atomic mass is 9.99. The van der Waals surface area contributed by atoms with Gasteiger partial charge in [-0.1, -0.05) is 42.5 Å². The molecule has 0 aliphatic carbocycles. The Morgan fingerprint density at radius 2 is 1.61 bits per heavy atom. The summed E-state index contributed by atoms with van der Waals surface area (Å²) in [5.74, 6) is -0.538. The minimum atomic E-state index is -0.538. The van der Waals surface area contributed by atoms with Crippen molar-refractivity contribution in [3.05, 3.63) is 89.5 Å². The molecule has 0 saturated carbocycles. The quantitative estimate of drug-likeness (QED) is 0.465. The Morgan fingerprint density at radius 3 is 2.36 bits per heavy atom. The van der Waals surface area contributed by atoms with E-state index in [1.165, 1.54) is 0 Å². The van der Waals surface area contributed by atoms with Crippen LogP contribution in [0.1, 0.15) is 21.5 Å². The summed E-state index contributed by atoms with van der Waals surface area (Å²) in [7, 11) is 0. The molecule has 33 heavy (non-hydrogen) atoms. The first-order valence-electron chi connectivity index (χ1n) is 11.1. The van der Waals surface area contributed by atoms with Gasteiger partial charge in [0.15, 0.2) is 0 Å². The molecule has 0 bridgehead atoms. The van der Waals surface area contributed by atoms with Gasteiger partial charge in [0, 0.05) is 42.9 Å². The predicted octanol–water partition coefficient (Wildman–Crippen LogP) is 3.76. The number of fused-ring (bicyclic) bond motifs is 2. The zero-order valence-corrected chi connectivity index (χ0v) is 18.3. The number of nitrogens with zero attached hydrogens (tertiary/aromatic N) is 3. The van der Waals surface area contributed by atoms with Gasteiger partial charge < -0.3 is 9.64 Å². The number of aliphatic imine (C=N–C) groups is 1. The lowest BCUT2D eigenvalue weighted by molar-refractivity contribution is 0.0394. The molecule has 1 saturated heterocycles. The third kappa shape index (κ3) is 4.39. The molecule has 0 spiro atoms. The van der Waals surface area contributed by atoms with Gasteiger partial charge in [-0.2, -0.15) is 0 Å². The average Bonchev–Trinajstić information content (AvgIpc) is 3.02. The standard InChI is InChI=1S/C26H26N4O3/c31-26(28-32)20-11-9-19(10-12-20)25-21-5-1-3-7-23(21)30(14-13-29-15-17-33-18-16-29)24-8-4-2-6-22(24)27-25/h1-12,32H,13-18H2,(H,28,31). The predicted molar refractivity (Wildman–Crippen MR) is 128 cm³/mol. The van der Waals surface area contributed by atoms with Crippen molar-refractivity contribution in [1.29, 1.82) is 0 Å². The van der Waals surface area contributed by atoms with Gasteiger partial charge in [-0.05, 0) is 30.3 Å². The highest BCUT2D eigenvalue weighted by Gasteiger charge is 2.24. The number of rotatable bonds is 5. The molecule has 7 heteroatoms. The minimum absolute atomic E-state index is 0.385. The molecule has 2 N–H and O–H groups in total. The lowest BCUT2D eigenvalue weighted by Crippen LogP contribution is -2.40. The number of para-hydroxylation sites is 3. The molecule has 0 aromatic heterocycles. The van der Waals surface area contributed by atoms with E-state index in [9.17, 15) is 4.79 Å². The maximum atomic E-state index is 11.8. The van der Waals surface area contributed by atoms with E-state index in [1.54, 1.807) is 17.6 Å². The summed E-state index contributed by atoms with van der Waals surface area (Å²) >= 11 is 0. The maximum absolute atomic E-state index is 11.8. The van der Waals surface area contributed by atoms with E-state index in [-0.39, 0.29) is 0 Å². The van der Waals surface area contributed by atoms with Gasteiger partial charge in [0.1, 0.15) is 0 Å². The summed E-state index contributed by atoms with van der Waals surface area (Å²) in [5.41, 5.74) is 7.94. The van der Waals surface area contributed by atoms with Crippen LogP contribution in [0.25, 0.3) is 0 Å². The van der Waals surface area contributed by atoms with Gasteiger partial charge in [0.2, 0.25) is 0 Å². The summed E-state index contributed by atoms with van der Waals surface area (Å²) < 4.78 is 5.50. The van der Waals surface area contributed by atoms with Gasteiger partial charge in [-0.25, -0.2) is 10.5 Å². The van der Waals surface area contributed by atoms with Gasteiger partial charge in [-0.15, -0.1) is 0 Å². The van der Waals surface area contributed by atoms with Gasteiger partial charge in [0.25, 0.3) is 5.91 Å². The van der Waals surface area contributed by atoms with Crippen LogP contribution in [0, 0.1) is 0 Å². The van der Waals surface area contributed by atoms with Crippen LogP contribution in [0.5, 0.6) is 0 Å². The third-order valence-corrected chi connectivity index (χ3v) is 6.12. The van der Waals surface area contributed by atoms with E-state index in [0.29, 0.717) is 5.56 Å². The summed E-state index contributed by atoms with van der Waals surface area (Å²) in [5, 5.41) is 8.92. The summed E-state index contributed by atoms with van der Waals surface area (Å²) in [6, 6.07) is 23.6. The second-order valence-corrected chi connectivity index (χ2v) is 8.09. The number of amides is 1. The van der Waals surface area contributed by atoms with Crippen molar-refractivity contribution >= 4 is 28.7 Å². The van der Waals surface area contributed by atoms with E-state index in [0.717, 1.165) is 73.3 Å². The Labute approximate surface area is 192 Å². The lowest BCUT2D eigenvalue weighted by Gasteiger charge is -2.31. The molecular formula is C26H26N4O3. The third-order valence-electron chi connectivity index (χ3n) is 6.12. The van der Waals surface area contributed by atoms with Gasteiger partial charge in [0.05, 0.1) is 36.0 Å². The topological polar surface area (TPSA) is 77.4 Å². The van der Waals surface area contributed by atoms with Crippen molar-refractivity contribution in [2.24, 2.45) is 4.99 Å². The van der Waals surface area contributed by atoms with Crippen molar-refractivity contribution in [2.75, 3.05) is 44.3 Å². The highest BCUT2D eigenvalue weighted by molar-refractivity contribution is 6.18. The number of ether oxygens (including phenoxy) is 1. The normalized spacial score (nSPS) is 15.8. The molecule has 0 radical (unpaired) electrons. The van der Waals surface area contributed by atoms with Crippen LogP contribution in [0.2, 0.25) is 0 Å². The summed E-state index contributed by atoms with van der Waals surface area (Å²) in [6.07, 6.45) is 0. The smallest absolute Gasteiger partial charge is 0.274 e. The molecule has 1 fully saturated rings. The van der Waals surface area contributed by atoms with Crippen LogP contribution in [-0.4, -0.2) is 61.1 Å². The molecule has 2 aliphatic heterocycles. The molecule has 3 aromatic rings. The molecule has 1 amide bonds. The van der Waals surface area contributed by atoms with Crippen LogP contribution in [-0.2, 0) is 4.74 Å². The Balaban J connectivity index is 1.55. The molecule has 2 aliphatic rings. The number of hydrogen-bond donors (Lipinski definition) is 2. The van der Waals surface area contributed by atoms with E-state index >= 15 is 0 Å².